The maximum atomic E-state index is 12.1. The van der Waals surface area contributed by atoms with Crippen LogP contribution in [0.5, 0.6) is 5.75 Å². The predicted molar refractivity (Wildman–Crippen MR) is 98.2 cm³/mol. The highest BCUT2D eigenvalue weighted by molar-refractivity contribution is 9.10. The number of hydrogen-bond donors (Lipinski definition) is 1. The summed E-state index contributed by atoms with van der Waals surface area (Å²) in [4.78, 5) is 12.1. The Morgan fingerprint density at radius 3 is 2.54 bits per heavy atom. The zero-order valence-corrected chi connectivity index (χ0v) is 15.5. The van der Waals surface area contributed by atoms with Crippen molar-refractivity contribution in [3.05, 3.63) is 64.1 Å². The quantitative estimate of drug-likeness (QED) is 0.742. The molecule has 4 nitrogen and oxygen atoms in total. The van der Waals surface area contributed by atoms with Crippen LogP contribution < -0.4 is 10.1 Å². The first-order valence-corrected chi connectivity index (χ1v) is 8.60. The number of carbonyl (C=O) groups is 1. The van der Waals surface area contributed by atoms with Gasteiger partial charge < -0.3 is 14.8 Å². The summed E-state index contributed by atoms with van der Waals surface area (Å²) in [5, 5.41) is 2.94. The topological polar surface area (TPSA) is 47.6 Å². The Morgan fingerprint density at radius 2 is 1.83 bits per heavy atom. The van der Waals surface area contributed by atoms with E-state index in [0.29, 0.717) is 19.4 Å². The first kappa shape index (κ1) is 18.5. The largest absolute Gasteiger partial charge is 0.496 e. The zero-order chi connectivity index (χ0) is 17.4. The van der Waals surface area contributed by atoms with E-state index in [-0.39, 0.29) is 12.0 Å². The monoisotopic (exact) mass is 391 g/mol. The van der Waals surface area contributed by atoms with Crippen molar-refractivity contribution in [1.82, 2.24) is 5.32 Å². The molecule has 0 spiro atoms. The molecule has 0 fully saturated rings. The summed E-state index contributed by atoms with van der Waals surface area (Å²) < 4.78 is 11.9. The van der Waals surface area contributed by atoms with Gasteiger partial charge in [-0.3, -0.25) is 4.79 Å². The number of hydrogen-bond acceptors (Lipinski definition) is 3. The third kappa shape index (κ3) is 5.08. The summed E-state index contributed by atoms with van der Waals surface area (Å²) in [6.07, 6.45) is 0.887. The summed E-state index contributed by atoms with van der Waals surface area (Å²) in [6.45, 7) is 0.408. The Balaban J connectivity index is 1.89. The minimum Gasteiger partial charge on any atom is -0.496 e. The molecular weight excluding hydrogens is 370 g/mol. The molecule has 0 heterocycles. The van der Waals surface area contributed by atoms with E-state index in [0.717, 1.165) is 21.3 Å². The van der Waals surface area contributed by atoms with E-state index in [2.05, 4.69) is 21.2 Å². The van der Waals surface area contributed by atoms with Gasteiger partial charge in [-0.1, -0.05) is 52.3 Å². The van der Waals surface area contributed by atoms with Crippen molar-refractivity contribution < 1.29 is 14.3 Å². The van der Waals surface area contributed by atoms with Gasteiger partial charge in [-0.2, -0.15) is 0 Å². The lowest BCUT2D eigenvalue weighted by Gasteiger charge is -2.19. The van der Waals surface area contributed by atoms with Crippen LogP contribution in [-0.4, -0.2) is 26.7 Å². The molecule has 0 radical (unpaired) electrons. The Morgan fingerprint density at radius 1 is 1.12 bits per heavy atom. The molecule has 24 heavy (non-hydrogen) atoms. The van der Waals surface area contributed by atoms with Crippen molar-refractivity contribution in [2.24, 2.45) is 0 Å². The van der Waals surface area contributed by atoms with E-state index >= 15 is 0 Å². The molecule has 2 aromatic carbocycles. The van der Waals surface area contributed by atoms with Crippen LogP contribution in [0.3, 0.4) is 0 Å². The molecule has 2 aromatic rings. The van der Waals surface area contributed by atoms with Crippen molar-refractivity contribution in [3.8, 4) is 5.75 Å². The Bertz CT molecular complexity index is 675. The van der Waals surface area contributed by atoms with Crippen LogP contribution in [0.15, 0.2) is 53.0 Å². The molecule has 1 atom stereocenters. The number of methoxy groups -OCH3 is 2. The lowest BCUT2D eigenvalue weighted by molar-refractivity contribution is -0.121. The van der Waals surface area contributed by atoms with Gasteiger partial charge in [0.05, 0.1) is 7.11 Å². The summed E-state index contributed by atoms with van der Waals surface area (Å²) in [6, 6.07) is 15.6. The molecule has 0 aliphatic carbocycles. The number of amides is 1. The highest BCUT2D eigenvalue weighted by atomic mass is 79.9. The SMILES string of the molecule is COc1ccccc1[C@H](CNC(=O)CCc1ccccc1Br)OC. The second-order valence-electron chi connectivity index (χ2n) is 5.36. The Kier molecular flexibility index (Phi) is 7.28. The second-order valence-corrected chi connectivity index (χ2v) is 6.22. The Labute approximate surface area is 151 Å². The fourth-order valence-electron chi connectivity index (χ4n) is 2.50. The van der Waals surface area contributed by atoms with Crippen LogP contribution >= 0.6 is 15.9 Å². The molecule has 2 rings (SSSR count). The normalized spacial score (nSPS) is 11.8. The maximum absolute atomic E-state index is 12.1. The van der Waals surface area contributed by atoms with Gasteiger partial charge in [0.25, 0.3) is 0 Å². The summed E-state index contributed by atoms with van der Waals surface area (Å²) in [7, 11) is 3.26. The molecular formula is C19H22BrNO3. The highest BCUT2D eigenvalue weighted by Gasteiger charge is 2.16. The fourth-order valence-corrected chi connectivity index (χ4v) is 2.98. The lowest BCUT2D eigenvalue weighted by atomic mass is 10.1. The number of carbonyl (C=O) groups excluding carboxylic acids is 1. The van der Waals surface area contributed by atoms with Gasteiger partial charge >= 0.3 is 0 Å². The molecule has 5 heteroatoms. The van der Waals surface area contributed by atoms with Gasteiger partial charge in [0.1, 0.15) is 11.9 Å². The average Bonchev–Trinajstić information content (AvgIpc) is 2.62. The van der Waals surface area contributed by atoms with E-state index in [1.54, 1.807) is 14.2 Å². The van der Waals surface area contributed by atoms with Crippen LogP contribution in [0.1, 0.15) is 23.7 Å². The van der Waals surface area contributed by atoms with Crippen molar-refractivity contribution in [2.45, 2.75) is 18.9 Å². The minimum atomic E-state index is -0.242. The number of ether oxygens (including phenoxy) is 2. The van der Waals surface area contributed by atoms with E-state index in [1.807, 2.05) is 48.5 Å². The number of aryl methyl sites for hydroxylation is 1. The third-order valence-electron chi connectivity index (χ3n) is 3.83. The van der Waals surface area contributed by atoms with Crippen molar-refractivity contribution >= 4 is 21.8 Å². The number of para-hydroxylation sites is 1. The van der Waals surface area contributed by atoms with E-state index < -0.39 is 0 Å². The van der Waals surface area contributed by atoms with Crippen LogP contribution in [0.2, 0.25) is 0 Å². The van der Waals surface area contributed by atoms with Crippen molar-refractivity contribution in [1.29, 1.82) is 0 Å². The van der Waals surface area contributed by atoms with Gasteiger partial charge in [0.15, 0.2) is 0 Å². The molecule has 1 N–H and O–H groups in total. The van der Waals surface area contributed by atoms with Gasteiger partial charge in [0.2, 0.25) is 5.91 Å². The molecule has 128 valence electrons. The molecule has 0 unspecified atom stereocenters. The van der Waals surface area contributed by atoms with Gasteiger partial charge in [-0.25, -0.2) is 0 Å². The van der Waals surface area contributed by atoms with Crippen molar-refractivity contribution in [2.75, 3.05) is 20.8 Å². The van der Waals surface area contributed by atoms with E-state index in [9.17, 15) is 4.79 Å². The first-order chi connectivity index (χ1) is 11.7. The lowest BCUT2D eigenvalue weighted by Crippen LogP contribution is -2.29. The Hall–Kier alpha value is -1.85. The minimum absolute atomic E-state index is 0.00250. The van der Waals surface area contributed by atoms with Crippen LogP contribution in [0.25, 0.3) is 0 Å². The number of benzene rings is 2. The van der Waals surface area contributed by atoms with E-state index in [1.165, 1.54) is 0 Å². The van der Waals surface area contributed by atoms with Gasteiger partial charge in [0, 0.05) is 30.1 Å². The summed E-state index contributed by atoms with van der Waals surface area (Å²) >= 11 is 3.50. The van der Waals surface area contributed by atoms with Crippen LogP contribution in [0.4, 0.5) is 0 Å². The number of nitrogens with one attached hydrogen (secondary N) is 1. The molecule has 1 amide bonds. The molecule has 0 aromatic heterocycles. The summed E-state index contributed by atoms with van der Waals surface area (Å²) in [5.41, 5.74) is 2.05. The maximum Gasteiger partial charge on any atom is 0.220 e. The first-order valence-electron chi connectivity index (χ1n) is 7.81. The summed E-state index contributed by atoms with van der Waals surface area (Å²) in [5.74, 6) is 0.759. The predicted octanol–water partition coefficient (Wildman–Crippen LogP) is 3.89. The molecule has 0 aliphatic rings. The standard InChI is InChI=1S/C19H22BrNO3/c1-23-17-10-6-4-8-15(17)18(24-2)13-21-19(22)12-11-14-7-3-5-9-16(14)20/h3-10,18H,11-13H2,1-2H3,(H,21,22)/t18-/m0/s1. The van der Waals surface area contributed by atoms with Crippen LogP contribution in [-0.2, 0) is 16.0 Å². The molecule has 0 aliphatic heterocycles. The highest BCUT2D eigenvalue weighted by Crippen LogP contribution is 2.26. The number of rotatable bonds is 8. The van der Waals surface area contributed by atoms with Crippen molar-refractivity contribution in [3.63, 3.8) is 0 Å². The second kappa shape index (κ2) is 9.45. The molecule has 0 saturated heterocycles. The van der Waals surface area contributed by atoms with Crippen LogP contribution in [0, 0.1) is 0 Å². The zero-order valence-electron chi connectivity index (χ0n) is 13.9. The van der Waals surface area contributed by atoms with E-state index in [4.69, 9.17) is 9.47 Å². The molecule has 0 bridgehead atoms. The number of halogens is 1. The smallest absolute Gasteiger partial charge is 0.220 e. The average molecular weight is 392 g/mol. The fraction of sp³-hybridized carbons (Fsp3) is 0.316. The third-order valence-corrected chi connectivity index (χ3v) is 4.61. The molecule has 0 saturated carbocycles. The van der Waals surface area contributed by atoms with Gasteiger partial charge in [-0.05, 0) is 24.1 Å². The van der Waals surface area contributed by atoms with Gasteiger partial charge in [-0.15, -0.1) is 0 Å².